The predicted molar refractivity (Wildman–Crippen MR) is 82.9 cm³/mol. The molecule has 3 N–H and O–H groups in total. The monoisotopic (exact) mass is 299 g/mol. The highest BCUT2D eigenvalue weighted by Gasteiger charge is 2.18. The van der Waals surface area contributed by atoms with E-state index in [1.54, 1.807) is 23.9 Å². The standard InChI is InChI=1S/C16H13NO3S/c18-10-6-7-13-12(8-10)15(16(19)20)14(17-13)9-21-11-4-2-1-3-5-11/h1-8,17-18H,9H2,(H,19,20). The fraction of sp³-hybridized carbons (Fsp3) is 0.0625. The molecule has 0 unspecified atom stereocenters. The summed E-state index contributed by atoms with van der Waals surface area (Å²) in [5.41, 5.74) is 1.59. The number of rotatable bonds is 4. The van der Waals surface area contributed by atoms with Gasteiger partial charge in [0.15, 0.2) is 0 Å². The summed E-state index contributed by atoms with van der Waals surface area (Å²) in [5.74, 6) is -0.400. The number of hydrogen-bond acceptors (Lipinski definition) is 3. The van der Waals surface area contributed by atoms with Gasteiger partial charge in [-0.3, -0.25) is 0 Å². The Kier molecular flexibility index (Phi) is 3.58. The molecule has 0 aliphatic carbocycles. The Hall–Kier alpha value is -2.40. The highest BCUT2D eigenvalue weighted by atomic mass is 32.2. The fourth-order valence-electron chi connectivity index (χ4n) is 2.26. The van der Waals surface area contributed by atoms with Crippen LogP contribution in [0.15, 0.2) is 53.4 Å². The zero-order chi connectivity index (χ0) is 14.8. The molecule has 3 aromatic rings. The van der Waals surface area contributed by atoms with Gasteiger partial charge in [0.2, 0.25) is 0 Å². The molecule has 0 radical (unpaired) electrons. The van der Waals surface area contributed by atoms with Gasteiger partial charge in [0.1, 0.15) is 5.75 Å². The third-order valence-electron chi connectivity index (χ3n) is 3.20. The summed E-state index contributed by atoms with van der Waals surface area (Å²) >= 11 is 1.57. The van der Waals surface area contributed by atoms with Crippen LogP contribution in [0.1, 0.15) is 16.1 Å². The van der Waals surface area contributed by atoms with Crippen molar-refractivity contribution in [2.75, 3.05) is 0 Å². The molecule has 4 nitrogen and oxygen atoms in total. The van der Waals surface area contributed by atoms with E-state index in [4.69, 9.17) is 0 Å². The maximum atomic E-state index is 11.5. The van der Waals surface area contributed by atoms with E-state index in [0.717, 1.165) is 4.90 Å². The van der Waals surface area contributed by atoms with Crippen molar-refractivity contribution in [2.45, 2.75) is 10.6 Å². The van der Waals surface area contributed by atoms with E-state index < -0.39 is 5.97 Å². The van der Waals surface area contributed by atoms with Crippen LogP contribution in [0.5, 0.6) is 5.75 Å². The summed E-state index contributed by atoms with van der Waals surface area (Å²) in [4.78, 5) is 15.7. The lowest BCUT2D eigenvalue weighted by molar-refractivity contribution is 0.0698. The van der Waals surface area contributed by atoms with Crippen LogP contribution >= 0.6 is 11.8 Å². The number of hydrogen-bond donors (Lipinski definition) is 3. The number of carbonyl (C=O) groups is 1. The first-order valence-corrected chi connectivity index (χ1v) is 7.38. The average Bonchev–Trinajstić information content (AvgIpc) is 2.84. The van der Waals surface area contributed by atoms with Gasteiger partial charge in [0.05, 0.1) is 5.56 Å². The molecule has 0 aliphatic heterocycles. The van der Waals surface area contributed by atoms with E-state index in [9.17, 15) is 15.0 Å². The number of carboxylic acids is 1. The Balaban J connectivity index is 1.98. The number of thioether (sulfide) groups is 1. The summed E-state index contributed by atoms with van der Waals surface area (Å²) in [7, 11) is 0. The van der Waals surface area contributed by atoms with E-state index in [2.05, 4.69) is 4.98 Å². The molecule has 106 valence electrons. The number of benzene rings is 2. The van der Waals surface area contributed by atoms with Gasteiger partial charge in [-0.1, -0.05) is 18.2 Å². The van der Waals surface area contributed by atoms with Crippen molar-refractivity contribution in [1.29, 1.82) is 0 Å². The number of H-pyrrole nitrogens is 1. The zero-order valence-corrected chi connectivity index (χ0v) is 11.9. The van der Waals surface area contributed by atoms with E-state index >= 15 is 0 Å². The first-order valence-electron chi connectivity index (χ1n) is 6.40. The van der Waals surface area contributed by atoms with Crippen LogP contribution in [0.2, 0.25) is 0 Å². The first kappa shape index (κ1) is 13.6. The number of aromatic nitrogens is 1. The SMILES string of the molecule is O=C(O)c1c(CSc2ccccc2)[nH]c2ccc(O)cc12. The lowest BCUT2D eigenvalue weighted by Gasteiger charge is -2.01. The normalized spacial score (nSPS) is 10.9. The first-order chi connectivity index (χ1) is 10.1. The molecule has 0 amide bonds. The molecule has 0 saturated heterocycles. The number of fused-ring (bicyclic) bond motifs is 1. The number of aromatic hydroxyl groups is 1. The van der Waals surface area contributed by atoms with E-state index in [1.165, 1.54) is 6.07 Å². The number of carboxylic acid groups (broad SMARTS) is 1. The Bertz CT molecular complexity index is 796. The molecule has 0 fully saturated rings. The lowest BCUT2D eigenvalue weighted by Crippen LogP contribution is -1.99. The molecular formula is C16H13NO3S. The number of phenolic OH excluding ortho intramolecular Hbond substituents is 1. The van der Waals surface area contributed by atoms with Crippen LogP contribution in [0.3, 0.4) is 0 Å². The van der Waals surface area contributed by atoms with Gasteiger partial charge in [-0.2, -0.15) is 0 Å². The average molecular weight is 299 g/mol. The Morgan fingerprint density at radius 1 is 1.14 bits per heavy atom. The summed E-state index contributed by atoms with van der Waals surface area (Å²) < 4.78 is 0. The van der Waals surface area contributed by atoms with E-state index in [1.807, 2.05) is 30.3 Å². The quantitative estimate of drug-likeness (QED) is 0.639. The molecule has 0 aliphatic rings. The minimum absolute atomic E-state index is 0.0614. The molecule has 0 atom stereocenters. The van der Waals surface area contributed by atoms with Crippen LogP contribution in [0.4, 0.5) is 0 Å². The van der Waals surface area contributed by atoms with Crippen molar-refractivity contribution in [3.05, 3.63) is 59.8 Å². The van der Waals surface area contributed by atoms with Crippen LogP contribution in [0.25, 0.3) is 10.9 Å². The second-order valence-corrected chi connectivity index (χ2v) is 5.66. The van der Waals surface area contributed by atoms with Crippen molar-refractivity contribution in [3.63, 3.8) is 0 Å². The van der Waals surface area contributed by atoms with Gasteiger partial charge in [0, 0.05) is 27.2 Å². The Morgan fingerprint density at radius 3 is 2.62 bits per heavy atom. The van der Waals surface area contributed by atoms with Crippen LogP contribution in [-0.2, 0) is 5.75 Å². The molecule has 0 bridgehead atoms. The third-order valence-corrected chi connectivity index (χ3v) is 4.24. The topological polar surface area (TPSA) is 73.3 Å². The number of phenols is 1. The highest BCUT2D eigenvalue weighted by Crippen LogP contribution is 2.30. The maximum Gasteiger partial charge on any atom is 0.338 e. The van der Waals surface area contributed by atoms with Crippen molar-refractivity contribution in [3.8, 4) is 5.75 Å². The van der Waals surface area contributed by atoms with Gasteiger partial charge in [-0.25, -0.2) is 4.79 Å². The number of nitrogens with one attached hydrogen (secondary N) is 1. The van der Waals surface area contributed by atoms with Gasteiger partial charge in [-0.15, -0.1) is 11.8 Å². The molecule has 1 heterocycles. The van der Waals surface area contributed by atoms with E-state index in [-0.39, 0.29) is 11.3 Å². The van der Waals surface area contributed by atoms with Crippen LogP contribution in [0, 0.1) is 0 Å². The molecule has 21 heavy (non-hydrogen) atoms. The predicted octanol–water partition coefficient (Wildman–Crippen LogP) is 3.86. The summed E-state index contributed by atoms with van der Waals surface area (Å²) in [5, 5.41) is 19.5. The number of aromatic carboxylic acids is 1. The smallest absolute Gasteiger partial charge is 0.338 e. The van der Waals surface area contributed by atoms with Crippen LogP contribution < -0.4 is 0 Å². The second kappa shape index (κ2) is 5.54. The molecule has 5 heteroatoms. The van der Waals surface area contributed by atoms with Gasteiger partial charge < -0.3 is 15.2 Å². The largest absolute Gasteiger partial charge is 0.508 e. The van der Waals surface area contributed by atoms with Crippen molar-refractivity contribution in [1.82, 2.24) is 4.98 Å². The molecule has 0 saturated carbocycles. The molecular weight excluding hydrogens is 286 g/mol. The fourth-order valence-corrected chi connectivity index (χ4v) is 3.14. The summed E-state index contributed by atoms with van der Waals surface area (Å²) in [6, 6.07) is 14.5. The minimum Gasteiger partial charge on any atom is -0.508 e. The Labute approximate surface area is 125 Å². The molecule has 1 aromatic heterocycles. The second-order valence-electron chi connectivity index (χ2n) is 4.62. The highest BCUT2D eigenvalue weighted by molar-refractivity contribution is 7.98. The molecule has 0 spiro atoms. The zero-order valence-electron chi connectivity index (χ0n) is 11.0. The van der Waals surface area contributed by atoms with Crippen LogP contribution in [-0.4, -0.2) is 21.2 Å². The molecule has 2 aromatic carbocycles. The third kappa shape index (κ3) is 2.73. The minimum atomic E-state index is -0.990. The van der Waals surface area contributed by atoms with Crippen molar-refractivity contribution >= 4 is 28.6 Å². The summed E-state index contributed by atoms with van der Waals surface area (Å²) in [6.45, 7) is 0. The van der Waals surface area contributed by atoms with Crippen molar-refractivity contribution in [2.24, 2.45) is 0 Å². The van der Waals surface area contributed by atoms with E-state index in [0.29, 0.717) is 22.3 Å². The number of aromatic amines is 1. The lowest BCUT2D eigenvalue weighted by atomic mass is 10.1. The maximum absolute atomic E-state index is 11.5. The van der Waals surface area contributed by atoms with Gasteiger partial charge in [-0.05, 0) is 30.3 Å². The molecule has 3 rings (SSSR count). The van der Waals surface area contributed by atoms with Gasteiger partial charge in [0.25, 0.3) is 0 Å². The van der Waals surface area contributed by atoms with Gasteiger partial charge >= 0.3 is 5.97 Å². The van der Waals surface area contributed by atoms with Crippen molar-refractivity contribution < 1.29 is 15.0 Å². The summed E-state index contributed by atoms with van der Waals surface area (Å²) in [6.07, 6.45) is 0. The Morgan fingerprint density at radius 2 is 1.90 bits per heavy atom.